The molecular weight excluding hydrogens is 214 g/mol. The fourth-order valence-electron chi connectivity index (χ4n) is 2.55. The summed E-state index contributed by atoms with van der Waals surface area (Å²) < 4.78 is 5.41. The third-order valence-electron chi connectivity index (χ3n) is 3.69. The maximum atomic E-state index is 6.33. The molecule has 0 amide bonds. The first-order valence-electron chi connectivity index (χ1n) is 6.35. The second kappa shape index (κ2) is 3.88. The monoisotopic (exact) mass is 233 g/mol. The van der Waals surface area contributed by atoms with E-state index in [-0.39, 0.29) is 5.54 Å². The summed E-state index contributed by atoms with van der Waals surface area (Å²) in [5, 5.41) is 0. The van der Waals surface area contributed by atoms with Crippen molar-refractivity contribution in [2.24, 2.45) is 11.7 Å². The summed E-state index contributed by atoms with van der Waals surface area (Å²) in [5.74, 6) is 2.43. The van der Waals surface area contributed by atoms with Gasteiger partial charge in [-0.2, -0.15) is 4.98 Å². The number of hydrogen-bond acceptors (Lipinski definition) is 4. The summed E-state index contributed by atoms with van der Waals surface area (Å²) >= 11 is 0. The predicted molar refractivity (Wildman–Crippen MR) is 67.3 cm³/mol. The quantitative estimate of drug-likeness (QED) is 0.854. The molecular formula is C13H19N3O. The highest BCUT2D eigenvalue weighted by atomic mass is 16.5. The standard InChI is InChI=1S/C13H19N3O/c1-2-17-12-5-3-4-11(15-12)16-8-13(14,9-16)10-6-7-10/h3-5,10H,2,6-9,14H2,1H3. The van der Waals surface area contributed by atoms with Crippen molar-refractivity contribution >= 4 is 5.82 Å². The summed E-state index contributed by atoms with van der Waals surface area (Å²) in [5.41, 5.74) is 6.38. The van der Waals surface area contributed by atoms with Gasteiger partial charge in [0.15, 0.2) is 0 Å². The molecule has 4 nitrogen and oxygen atoms in total. The van der Waals surface area contributed by atoms with Gasteiger partial charge in [-0.3, -0.25) is 0 Å². The molecule has 0 bridgehead atoms. The zero-order valence-electron chi connectivity index (χ0n) is 10.2. The Balaban J connectivity index is 1.67. The first-order valence-corrected chi connectivity index (χ1v) is 6.35. The van der Waals surface area contributed by atoms with Crippen LogP contribution in [0.1, 0.15) is 19.8 Å². The number of aromatic nitrogens is 1. The molecule has 2 fully saturated rings. The highest BCUT2D eigenvalue weighted by Crippen LogP contribution is 2.43. The molecule has 2 N–H and O–H groups in total. The first-order chi connectivity index (χ1) is 8.21. The van der Waals surface area contributed by atoms with Crippen LogP contribution in [0.2, 0.25) is 0 Å². The van der Waals surface area contributed by atoms with Gasteiger partial charge in [-0.1, -0.05) is 6.07 Å². The summed E-state index contributed by atoms with van der Waals surface area (Å²) in [6, 6.07) is 5.90. The first kappa shape index (κ1) is 10.8. The molecule has 1 saturated heterocycles. The minimum atomic E-state index is 0.0449. The molecule has 3 rings (SSSR count). The summed E-state index contributed by atoms with van der Waals surface area (Å²) in [6.45, 7) is 4.48. The Morgan fingerprint density at radius 1 is 1.47 bits per heavy atom. The van der Waals surface area contributed by atoms with Crippen LogP contribution < -0.4 is 15.4 Å². The Hall–Kier alpha value is -1.29. The van der Waals surface area contributed by atoms with E-state index in [2.05, 4.69) is 9.88 Å². The average Bonchev–Trinajstić information content (AvgIpc) is 3.10. The van der Waals surface area contributed by atoms with Crippen molar-refractivity contribution in [2.45, 2.75) is 25.3 Å². The maximum Gasteiger partial charge on any atom is 0.215 e. The fraction of sp³-hybridized carbons (Fsp3) is 0.615. The molecule has 2 heterocycles. The molecule has 92 valence electrons. The lowest BCUT2D eigenvalue weighted by Gasteiger charge is -2.49. The van der Waals surface area contributed by atoms with Crippen molar-refractivity contribution in [1.82, 2.24) is 4.98 Å². The van der Waals surface area contributed by atoms with Gasteiger partial charge in [-0.25, -0.2) is 0 Å². The smallest absolute Gasteiger partial charge is 0.215 e. The zero-order valence-corrected chi connectivity index (χ0v) is 10.2. The number of anilines is 1. The predicted octanol–water partition coefficient (Wildman–Crippen LogP) is 1.41. The number of nitrogens with two attached hydrogens (primary N) is 1. The number of hydrogen-bond donors (Lipinski definition) is 1. The van der Waals surface area contributed by atoms with E-state index in [9.17, 15) is 0 Å². The number of pyridine rings is 1. The molecule has 0 unspecified atom stereocenters. The van der Waals surface area contributed by atoms with Crippen LogP contribution in [0.3, 0.4) is 0 Å². The molecule has 0 atom stereocenters. The largest absolute Gasteiger partial charge is 0.478 e. The zero-order chi connectivity index (χ0) is 11.9. The lowest BCUT2D eigenvalue weighted by molar-refractivity contribution is 0.286. The SMILES string of the molecule is CCOc1cccc(N2CC(N)(C3CC3)C2)n1. The van der Waals surface area contributed by atoms with Crippen molar-refractivity contribution in [2.75, 3.05) is 24.6 Å². The lowest BCUT2D eigenvalue weighted by atomic mass is 9.86. The summed E-state index contributed by atoms with van der Waals surface area (Å²) in [6.07, 6.45) is 2.60. The van der Waals surface area contributed by atoms with E-state index in [0.29, 0.717) is 12.5 Å². The van der Waals surface area contributed by atoms with E-state index in [0.717, 1.165) is 24.8 Å². The van der Waals surface area contributed by atoms with Crippen molar-refractivity contribution < 1.29 is 4.74 Å². The highest BCUT2D eigenvalue weighted by Gasteiger charge is 2.50. The molecule has 1 aliphatic heterocycles. The van der Waals surface area contributed by atoms with Crippen LogP contribution >= 0.6 is 0 Å². The van der Waals surface area contributed by atoms with E-state index >= 15 is 0 Å². The highest BCUT2D eigenvalue weighted by molar-refractivity contribution is 5.46. The second-order valence-electron chi connectivity index (χ2n) is 5.13. The van der Waals surface area contributed by atoms with Crippen LogP contribution in [-0.2, 0) is 0 Å². The van der Waals surface area contributed by atoms with Gasteiger partial charge in [0.05, 0.1) is 12.1 Å². The minimum Gasteiger partial charge on any atom is -0.478 e. The average molecular weight is 233 g/mol. The van der Waals surface area contributed by atoms with Crippen LogP contribution in [0.4, 0.5) is 5.82 Å². The van der Waals surface area contributed by atoms with E-state index in [1.165, 1.54) is 12.8 Å². The maximum absolute atomic E-state index is 6.33. The molecule has 1 aliphatic carbocycles. The minimum absolute atomic E-state index is 0.0449. The summed E-state index contributed by atoms with van der Waals surface area (Å²) in [7, 11) is 0. The van der Waals surface area contributed by atoms with Gasteiger partial charge in [-0.15, -0.1) is 0 Å². The molecule has 1 aromatic heterocycles. The lowest BCUT2D eigenvalue weighted by Crippen LogP contribution is -2.69. The molecule has 4 heteroatoms. The van der Waals surface area contributed by atoms with Crippen molar-refractivity contribution in [3.05, 3.63) is 18.2 Å². The van der Waals surface area contributed by atoms with Crippen LogP contribution in [-0.4, -0.2) is 30.2 Å². The van der Waals surface area contributed by atoms with Gasteiger partial charge >= 0.3 is 0 Å². The van der Waals surface area contributed by atoms with Crippen LogP contribution in [0.15, 0.2) is 18.2 Å². The molecule has 1 saturated carbocycles. The number of rotatable bonds is 4. The topological polar surface area (TPSA) is 51.4 Å². The van der Waals surface area contributed by atoms with Gasteiger partial charge in [0, 0.05) is 19.2 Å². The Kier molecular flexibility index (Phi) is 2.47. The van der Waals surface area contributed by atoms with Crippen molar-refractivity contribution in [1.29, 1.82) is 0 Å². The normalized spacial score (nSPS) is 22.1. The third-order valence-corrected chi connectivity index (χ3v) is 3.69. The van der Waals surface area contributed by atoms with Gasteiger partial charge in [0.25, 0.3) is 0 Å². The van der Waals surface area contributed by atoms with E-state index in [4.69, 9.17) is 10.5 Å². The Labute approximate surface area is 102 Å². The molecule has 0 radical (unpaired) electrons. The molecule has 17 heavy (non-hydrogen) atoms. The van der Waals surface area contributed by atoms with Crippen LogP contribution in [0, 0.1) is 5.92 Å². The Bertz CT molecular complexity index is 411. The Morgan fingerprint density at radius 3 is 2.88 bits per heavy atom. The Morgan fingerprint density at radius 2 is 2.24 bits per heavy atom. The van der Waals surface area contributed by atoms with E-state index < -0.39 is 0 Å². The third kappa shape index (κ3) is 1.97. The van der Waals surface area contributed by atoms with Gasteiger partial charge in [0.1, 0.15) is 5.82 Å². The van der Waals surface area contributed by atoms with E-state index in [1.54, 1.807) is 0 Å². The molecule has 0 spiro atoms. The number of ether oxygens (including phenoxy) is 1. The van der Waals surface area contributed by atoms with Crippen molar-refractivity contribution in [3.63, 3.8) is 0 Å². The van der Waals surface area contributed by atoms with E-state index in [1.807, 2.05) is 25.1 Å². The van der Waals surface area contributed by atoms with Crippen LogP contribution in [0.5, 0.6) is 5.88 Å². The van der Waals surface area contributed by atoms with Crippen LogP contribution in [0.25, 0.3) is 0 Å². The fourth-order valence-corrected chi connectivity index (χ4v) is 2.55. The van der Waals surface area contributed by atoms with Gasteiger partial charge in [-0.05, 0) is 31.7 Å². The van der Waals surface area contributed by atoms with Gasteiger partial charge in [0.2, 0.25) is 5.88 Å². The number of nitrogens with zero attached hydrogens (tertiary/aromatic N) is 2. The van der Waals surface area contributed by atoms with Crippen molar-refractivity contribution in [3.8, 4) is 5.88 Å². The molecule has 1 aromatic rings. The summed E-state index contributed by atoms with van der Waals surface area (Å²) in [4.78, 5) is 6.71. The van der Waals surface area contributed by atoms with Gasteiger partial charge < -0.3 is 15.4 Å². The second-order valence-corrected chi connectivity index (χ2v) is 5.13. The molecule has 0 aromatic carbocycles. The molecule has 2 aliphatic rings.